The zero-order valence-electron chi connectivity index (χ0n) is 16.0. The van der Waals surface area contributed by atoms with Gasteiger partial charge in [0.1, 0.15) is 17.3 Å². The minimum Gasteiger partial charge on any atom is -0.393 e. The van der Waals surface area contributed by atoms with Gasteiger partial charge in [0.15, 0.2) is 0 Å². The molecule has 1 aromatic carbocycles. The largest absolute Gasteiger partial charge is 0.413 e. The number of pyridine rings is 1. The molecule has 1 aliphatic heterocycles. The van der Waals surface area contributed by atoms with Gasteiger partial charge in [-0.15, -0.1) is 0 Å². The first kappa shape index (κ1) is 20.1. The number of aromatic nitrogens is 2. The number of piperidine rings is 1. The zero-order chi connectivity index (χ0) is 21.5. The maximum atomic E-state index is 13.1. The van der Waals surface area contributed by atoms with E-state index in [-0.39, 0.29) is 29.6 Å². The summed E-state index contributed by atoms with van der Waals surface area (Å²) < 4.78 is 32.6. The number of hydrogen-bond donors (Lipinski definition) is 3. The minimum absolute atomic E-state index is 0.0283. The van der Waals surface area contributed by atoms with E-state index in [0.717, 1.165) is 0 Å². The van der Waals surface area contributed by atoms with Crippen molar-refractivity contribution in [2.24, 2.45) is 0 Å². The molecule has 3 N–H and O–H groups in total. The van der Waals surface area contributed by atoms with Crippen LogP contribution in [0.25, 0.3) is 21.8 Å². The molecule has 30 heavy (non-hydrogen) atoms. The molecular weight excluding hydrogens is 410 g/mol. The van der Waals surface area contributed by atoms with Crippen LogP contribution in [0.4, 0.5) is 4.79 Å². The molecule has 1 saturated heterocycles. The van der Waals surface area contributed by atoms with E-state index in [4.69, 9.17) is 4.74 Å². The number of aliphatic hydroxyl groups is 1. The predicted molar refractivity (Wildman–Crippen MR) is 107 cm³/mol. The van der Waals surface area contributed by atoms with Crippen molar-refractivity contribution >= 4 is 37.9 Å². The third kappa shape index (κ3) is 3.45. The first-order valence-electron chi connectivity index (χ1n) is 9.28. The Morgan fingerprint density at radius 2 is 2.07 bits per heavy atom. The Labute approximate surface area is 172 Å². The summed E-state index contributed by atoms with van der Waals surface area (Å²) in [4.78, 5) is 18.9. The molecule has 3 heterocycles. The Morgan fingerprint density at radius 3 is 2.73 bits per heavy atom. The Kier molecular flexibility index (Phi) is 5.07. The van der Waals surface area contributed by atoms with Gasteiger partial charge in [0.2, 0.25) is 15.9 Å². The van der Waals surface area contributed by atoms with Crippen LogP contribution in [0.2, 0.25) is 0 Å². The fourth-order valence-electron chi connectivity index (χ4n) is 3.51. The maximum Gasteiger partial charge on any atom is 0.413 e. The molecule has 3 aromatic rings. The van der Waals surface area contributed by atoms with Crippen molar-refractivity contribution in [3.63, 3.8) is 0 Å². The van der Waals surface area contributed by atoms with E-state index in [9.17, 15) is 23.6 Å². The second-order valence-corrected chi connectivity index (χ2v) is 8.89. The summed E-state index contributed by atoms with van der Waals surface area (Å²) in [5.74, 6) is -0.0750. The number of carbonyl (C=O) groups is 1. The third-order valence-corrected chi connectivity index (χ3v) is 6.99. The van der Waals surface area contributed by atoms with E-state index >= 15 is 0 Å². The monoisotopic (exact) mass is 429 g/mol. The van der Waals surface area contributed by atoms with Gasteiger partial charge in [-0.1, -0.05) is 0 Å². The quantitative estimate of drug-likeness (QED) is 0.570. The van der Waals surface area contributed by atoms with E-state index in [0.29, 0.717) is 34.6 Å². The molecule has 0 saturated carbocycles. The zero-order valence-corrected chi connectivity index (χ0v) is 16.9. The van der Waals surface area contributed by atoms with Gasteiger partial charge < -0.3 is 20.1 Å². The fraction of sp³-hybridized carbons (Fsp3) is 0.316. The number of aromatic amines is 1. The van der Waals surface area contributed by atoms with Crippen molar-refractivity contribution in [1.82, 2.24) is 19.6 Å². The van der Waals surface area contributed by atoms with E-state index in [1.54, 1.807) is 6.07 Å². The number of carbonyl (C=O) groups excluding carboxylic acids is 1. The SMILES string of the molecule is CNC(=O)Oc1nc(C#N)cc2c1[nH]c1ccc(S(=O)(=O)N3CCC(O)CC3)cc12. The molecule has 0 unspecified atom stereocenters. The van der Waals surface area contributed by atoms with Crippen LogP contribution in [0, 0.1) is 11.3 Å². The molecule has 0 aliphatic carbocycles. The van der Waals surface area contributed by atoms with Crippen molar-refractivity contribution in [3.8, 4) is 11.9 Å². The standard InChI is InChI=1S/C19H19N5O5S/c1-21-19(26)29-18-17-15(8-11(10-20)22-18)14-9-13(2-3-16(14)23-17)30(27,28)24-6-4-12(25)5-7-24/h2-3,8-9,12,23,25H,4-7H2,1H3,(H,21,26). The fourth-order valence-corrected chi connectivity index (χ4v) is 5.00. The summed E-state index contributed by atoms with van der Waals surface area (Å²) in [6.07, 6.45) is -0.436. The molecule has 0 atom stereocenters. The normalized spacial score (nSPS) is 15.9. The lowest BCUT2D eigenvalue weighted by Crippen LogP contribution is -2.39. The number of sulfonamides is 1. The molecule has 4 rings (SSSR count). The highest BCUT2D eigenvalue weighted by atomic mass is 32.2. The van der Waals surface area contributed by atoms with Crippen LogP contribution < -0.4 is 10.1 Å². The highest BCUT2D eigenvalue weighted by Crippen LogP contribution is 2.33. The van der Waals surface area contributed by atoms with Gasteiger partial charge in [0, 0.05) is 36.4 Å². The maximum absolute atomic E-state index is 13.1. The molecule has 10 nitrogen and oxygen atoms in total. The highest BCUT2D eigenvalue weighted by molar-refractivity contribution is 7.89. The Morgan fingerprint density at radius 1 is 1.33 bits per heavy atom. The van der Waals surface area contributed by atoms with Gasteiger partial charge in [0.05, 0.1) is 11.0 Å². The molecule has 156 valence electrons. The highest BCUT2D eigenvalue weighted by Gasteiger charge is 2.29. The number of nitrogens with one attached hydrogen (secondary N) is 2. The van der Waals surface area contributed by atoms with Crippen LogP contribution in [0.3, 0.4) is 0 Å². The number of H-pyrrole nitrogens is 1. The summed E-state index contributed by atoms with van der Waals surface area (Å²) in [7, 11) is -2.34. The third-order valence-electron chi connectivity index (χ3n) is 5.10. The van der Waals surface area contributed by atoms with E-state index in [1.807, 2.05) is 6.07 Å². The van der Waals surface area contributed by atoms with Crippen LogP contribution in [-0.2, 0) is 10.0 Å². The van der Waals surface area contributed by atoms with Gasteiger partial charge in [-0.25, -0.2) is 18.2 Å². The Bertz CT molecular complexity index is 1290. The lowest BCUT2D eigenvalue weighted by atomic mass is 10.1. The van der Waals surface area contributed by atoms with Gasteiger partial charge in [-0.3, -0.25) is 0 Å². The van der Waals surface area contributed by atoms with Gasteiger partial charge in [-0.2, -0.15) is 9.57 Å². The molecule has 0 radical (unpaired) electrons. The molecular formula is C19H19N5O5S. The van der Waals surface area contributed by atoms with Crippen molar-refractivity contribution in [2.45, 2.75) is 23.8 Å². The molecule has 1 aliphatic rings. The van der Waals surface area contributed by atoms with Crippen LogP contribution in [0.15, 0.2) is 29.2 Å². The van der Waals surface area contributed by atoms with Crippen LogP contribution in [-0.4, -0.2) is 60.1 Å². The number of nitriles is 1. The van der Waals surface area contributed by atoms with Gasteiger partial charge in [0.25, 0.3) is 0 Å². The summed E-state index contributed by atoms with van der Waals surface area (Å²) in [5.41, 5.74) is 1.01. The molecule has 11 heteroatoms. The number of ether oxygens (including phenoxy) is 1. The molecule has 1 amide bonds. The number of amides is 1. The number of benzene rings is 1. The smallest absolute Gasteiger partial charge is 0.393 e. The summed E-state index contributed by atoms with van der Waals surface area (Å²) in [6.45, 7) is 0.504. The number of hydrogen-bond acceptors (Lipinski definition) is 7. The lowest BCUT2D eigenvalue weighted by molar-refractivity contribution is 0.113. The second-order valence-electron chi connectivity index (χ2n) is 6.95. The molecule has 0 bridgehead atoms. The van der Waals surface area contributed by atoms with Crippen molar-refractivity contribution in [1.29, 1.82) is 5.26 Å². The van der Waals surface area contributed by atoms with Gasteiger partial charge in [-0.05, 0) is 37.1 Å². The van der Waals surface area contributed by atoms with E-state index in [2.05, 4.69) is 15.3 Å². The number of rotatable bonds is 3. The van der Waals surface area contributed by atoms with Crippen LogP contribution in [0.5, 0.6) is 5.88 Å². The molecule has 0 spiro atoms. The second kappa shape index (κ2) is 7.56. The summed E-state index contributed by atoms with van der Waals surface area (Å²) in [5, 5.41) is 22.3. The van der Waals surface area contributed by atoms with E-state index in [1.165, 1.54) is 29.6 Å². The average molecular weight is 429 g/mol. The number of nitrogens with zero attached hydrogens (tertiary/aromatic N) is 3. The Balaban J connectivity index is 1.84. The van der Waals surface area contributed by atoms with Crippen molar-refractivity contribution in [3.05, 3.63) is 30.0 Å². The molecule has 1 fully saturated rings. The summed E-state index contributed by atoms with van der Waals surface area (Å²) in [6, 6.07) is 8.08. The topological polar surface area (TPSA) is 148 Å². The van der Waals surface area contributed by atoms with Crippen LogP contribution in [0.1, 0.15) is 18.5 Å². The average Bonchev–Trinajstić information content (AvgIpc) is 3.12. The first-order valence-corrected chi connectivity index (χ1v) is 10.7. The van der Waals surface area contributed by atoms with Crippen molar-refractivity contribution in [2.75, 3.05) is 20.1 Å². The van der Waals surface area contributed by atoms with Crippen molar-refractivity contribution < 1.29 is 23.1 Å². The first-order chi connectivity index (χ1) is 14.3. The van der Waals surface area contributed by atoms with Crippen LogP contribution >= 0.6 is 0 Å². The minimum atomic E-state index is -3.74. The number of aliphatic hydroxyl groups excluding tert-OH is 1. The number of fused-ring (bicyclic) bond motifs is 3. The lowest BCUT2D eigenvalue weighted by Gasteiger charge is -2.28. The van der Waals surface area contributed by atoms with Gasteiger partial charge >= 0.3 is 6.09 Å². The van der Waals surface area contributed by atoms with E-state index < -0.39 is 22.2 Å². The predicted octanol–water partition coefficient (Wildman–Crippen LogP) is 1.45. The molecule has 2 aromatic heterocycles. The summed E-state index contributed by atoms with van der Waals surface area (Å²) >= 11 is 0. The Hall–Kier alpha value is -3.20.